The van der Waals surface area contributed by atoms with Gasteiger partial charge in [-0.15, -0.1) is 0 Å². The summed E-state index contributed by atoms with van der Waals surface area (Å²) in [5, 5.41) is 2.69. The highest BCUT2D eigenvalue weighted by molar-refractivity contribution is 5.81. The van der Waals surface area contributed by atoms with E-state index >= 15 is 0 Å². The molecule has 2 heterocycles. The number of alkyl carbamates (subject to hydrolysis) is 1. The van der Waals surface area contributed by atoms with Crippen molar-refractivity contribution in [2.24, 2.45) is 11.8 Å². The SMILES string of the molecule is CC(C)C(NC(=O)OC(C)(C)C)C(=O)OC1CCN2CCC3C=CC=CC3=C2C1. The van der Waals surface area contributed by atoms with Crippen molar-refractivity contribution < 1.29 is 19.1 Å². The lowest BCUT2D eigenvalue weighted by molar-refractivity contribution is -0.154. The lowest BCUT2D eigenvalue weighted by Crippen LogP contribution is -2.49. The zero-order valence-electron chi connectivity index (χ0n) is 18.2. The van der Waals surface area contributed by atoms with Gasteiger partial charge in [0.15, 0.2) is 0 Å². The van der Waals surface area contributed by atoms with Gasteiger partial charge in [-0.25, -0.2) is 9.59 Å². The number of carbonyl (C=O) groups is 2. The zero-order chi connectivity index (χ0) is 21.2. The van der Waals surface area contributed by atoms with Gasteiger partial charge in [-0.05, 0) is 38.7 Å². The molecule has 6 nitrogen and oxygen atoms in total. The van der Waals surface area contributed by atoms with Crippen LogP contribution in [0.15, 0.2) is 35.6 Å². The monoisotopic (exact) mass is 402 g/mol. The van der Waals surface area contributed by atoms with Gasteiger partial charge < -0.3 is 19.7 Å². The van der Waals surface area contributed by atoms with Gasteiger partial charge in [-0.1, -0.05) is 38.2 Å². The van der Waals surface area contributed by atoms with E-state index in [0.717, 1.165) is 32.4 Å². The van der Waals surface area contributed by atoms with Crippen molar-refractivity contribution in [1.29, 1.82) is 0 Å². The molecule has 1 fully saturated rings. The van der Waals surface area contributed by atoms with Crippen molar-refractivity contribution >= 4 is 12.1 Å². The smallest absolute Gasteiger partial charge is 0.408 e. The Hall–Kier alpha value is -2.24. The molecule has 0 spiro atoms. The largest absolute Gasteiger partial charge is 0.460 e. The molecule has 0 aromatic heterocycles. The third-order valence-corrected chi connectivity index (χ3v) is 5.57. The molecular formula is C23H34N2O4. The number of rotatable bonds is 4. The Kier molecular flexibility index (Phi) is 6.39. The predicted molar refractivity (Wildman–Crippen MR) is 112 cm³/mol. The van der Waals surface area contributed by atoms with Gasteiger partial charge in [-0.3, -0.25) is 0 Å². The van der Waals surface area contributed by atoms with Crippen LogP contribution in [0.5, 0.6) is 0 Å². The Morgan fingerprint density at radius 1 is 1.17 bits per heavy atom. The maximum absolute atomic E-state index is 12.8. The van der Waals surface area contributed by atoms with E-state index < -0.39 is 17.7 Å². The number of hydrogen-bond donors (Lipinski definition) is 1. The van der Waals surface area contributed by atoms with E-state index in [1.54, 1.807) is 20.8 Å². The third-order valence-electron chi connectivity index (χ3n) is 5.57. The summed E-state index contributed by atoms with van der Waals surface area (Å²) < 4.78 is 11.2. The highest BCUT2D eigenvalue weighted by Gasteiger charge is 2.35. The van der Waals surface area contributed by atoms with Crippen molar-refractivity contribution in [2.45, 2.75) is 71.6 Å². The Morgan fingerprint density at radius 2 is 1.90 bits per heavy atom. The van der Waals surface area contributed by atoms with Crippen LogP contribution in [0.1, 0.15) is 53.9 Å². The summed E-state index contributed by atoms with van der Waals surface area (Å²) in [5.41, 5.74) is 2.04. The summed E-state index contributed by atoms with van der Waals surface area (Å²) in [6.45, 7) is 11.1. The number of hydrogen-bond acceptors (Lipinski definition) is 5. The minimum Gasteiger partial charge on any atom is -0.460 e. The van der Waals surface area contributed by atoms with Crippen LogP contribution in [0.3, 0.4) is 0 Å². The van der Waals surface area contributed by atoms with Crippen LogP contribution < -0.4 is 5.32 Å². The molecule has 2 aliphatic heterocycles. The van der Waals surface area contributed by atoms with Crippen LogP contribution in [-0.4, -0.2) is 47.8 Å². The molecule has 1 saturated heterocycles. The van der Waals surface area contributed by atoms with Gasteiger partial charge >= 0.3 is 12.1 Å². The minimum absolute atomic E-state index is 0.0948. The molecular weight excluding hydrogens is 368 g/mol. The summed E-state index contributed by atoms with van der Waals surface area (Å²) in [5.74, 6) is -0.0121. The maximum atomic E-state index is 12.8. The number of nitrogens with zero attached hydrogens (tertiary/aromatic N) is 1. The van der Waals surface area contributed by atoms with Crippen molar-refractivity contribution in [1.82, 2.24) is 10.2 Å². The Morgan fingerprint density at radius 3 is 2.59 bits per heavy atom. The Bertz CT molecular complexity index is 730. The van der Waals surface area contributed by atoms with E-state index in [4.69, 9.17) is 9.47 Å². The van der Waals surface area contributed by atoms with Gasteiger partial charge in [0.25, 0.3) is 0 Å². The number of allylic oxidation sites excluding steroid dienone is 5. The molecule has 3 rings (SSSR count). The predicted octanol–water partition coefficient (Wildman–Crippen LogP) is 3.94. The van der Waals surface area contributed by atoms with Crippen LogP contribution in [0.2, 0.25) is 0 Å². The highest BCUT2D eigenvalue weighted by Crippen LogP contribution is 2.37. The van der Waals surface area contributed by atoms with E-state index in [1.165, 1.54) is 11.3 Å². The molecule has 0 aromatic carbocycles. The first-order chi connectivity index (χ1) is 13.6. The average Bonchev–Trinajstić information content (AvgIpc) is 2.64. The molecule has 160 valence electrons. The molecule has 1 amide bonds. The summed E-state index contributed by atoms with van der Waals surface area (Å²) in [7, 11) is 0. The quantitative estimate of drug-likeness (QED) is 0.722. The topological polar surface area (TPSA) is 67.9 Å². The molecule has 3 atom stereocenters. The van der Waals surface area contributed by atoms with Crippen molar-refractivity contribution in [2.75, 3.05) is 13.1 Å². The van der Waals surface area contributed by atoms with Crippen LogP contribution in [0, 0.1) is 11.8 Å². The second-order valence-electron chi connectivity index (χ2n) is 9.45. The molecule has 6 heteroatoms. The number of piperidine rings is 1. The van der Waals surface area contributed by atoms with E-state index in [-0.39, 0.29) is 18.0 Å². The van der Waals surface area contributed by atoms with Gasteiger partial charge in [0.1, 0.15) is 17.7 Å². The molecule has 0 radical (unpaired) electrons. The van der Waals surface area contributed by atoms with E-state index in [2.05, 4.69) is 34.5 Å². The Balaban J connectivity index is 1.64. The molecule has 1 aliphatic carbocycles. The van der Waals surface area contributed by atoms with Gasteiger partial charge in [-0.2, -0.15) is 0 Å². The lowest BCUT2D eigenvalue weighted by atomic mass is 9.83. The third kappa shape index (κ3) is 5.43. The number of amides is 1. The van der Waals surface area contributed by atoms with Crippen molar-refractivity contribution in [3.63, 3.8) is 0 Å². The normalized spacial score (nSPS) is 24.7. The molecule has 0 saturated carbocycles. The Labute approximate surface area is 174 Å². The number of esters is 1. The fourth-order valence-electron chi connectivity index (χ4n) is 4.14. The first-order valence-corrected chi connectivity index (χ1v) is 10.7. The first-order valence-electron chi connectivity index (χ1n) is 10.7. The maximum Gasteiger partial charge on any atom is 0.408 e. The molecule has 0 bridgehead atoms. The molecule has 29 heavy (non-hydrogen) atoms. The van der Waals surface area contributed by atoms with Gasteiger partial charge in [0, 0.05) is 37.5 Å². The van der Waals surface area contributed by atoms with Crippen molar-refractivity contribution in [3.05, 3.63) is 35.6 Å². The van der Waals surface area contributed by atoms with Crippen LogP contribution in [0.4, 0.5) is 4.79 Å². The van der Waals surface area contributed by atoms with Gasteiger partial charge in [0.05, 0.1) is 0 Å². The van der Waals surface area contributed by atoms with Crippen LogP contribution in [0.25, 0.3) is 0 Å². The minimum atomic E-state index is -0.725. The summed E-state index contributed by atoms with van der Waals surface area (Å²) in [6, 6.07) is -0.725. The summed E-state index contributed by atoms with van der Waals surface area (Å²) in [4.78, 5) is 27.4. The van der Waals surface area contributed by atoms with E-state index in [9.17, 15) is 9.59 Å². The zero-order valence-corrected chi connectivity index (χ0v) is 18.2. The second-order valence-corrected chi connectivity index (χ2v) is 9.45. The second kappa shape index (κ2) is 8.64. The molecule has 3 unspecified atom stereocenters. The lowest BCUT2D eigenvalue weighted by Gasteiger charge is -2.42. The van der Waals surface area contributed by atoms with Crippen molar-refractivity contribution in [3.8, 4) is 0 Å². The molecule has 3 aliphatic rings. The molecule has 0 aromatic rings. The summed E-state index contributed by atoms with van der Waals surface area (Å²) in [6.07, 6.45) is 10.6. The van der Waals surface area contributed by atoms with Crippen LogP contribution >= 0.6 is 0 Å². The van der Waals surface area contributed by atoms with E-state index in [1.807, 2.05) is 13.8 Å². The first kappa shape index (κ1) is 21.5. The number of nitrogens with one attached hydrogen (secondary N) is 1. The van der Waals surface area contributed by atoms with E-state index in [0.29, 0.717) is 5.92 Å². The number of carbonyl (C=O) groups excluding carboxylic acids is 2. The fraction of sp³-hybridized carbons (Fsp3) is 0.652. The number of fused-ring (bicyclic) bond motifs is 2. The average molecular weight is 403 g/mol. The number of ether oxygens (including phenoxy) is 2. The van der Waals surface area contributed by atoms with Crippen LogP contribution in [-0.2, 0) is 14.3 Å². The van der Waals surface area contributed by atoms with Gasteiger partial charge in [0.2, 0.25) is 0 Å². The highest BCUT2D eigenvalue weighted by atomic mass is 16.6. The summed E-state index contributed by atoms with van der Waals surface area (Å²) >= 11 is 0. The molecule has 1 N–H and O–H groups in total. The standard InChI is InChI=1S/C23H34N2O4/c1-15(2)20(24-22(27)29-23(3,4)5)21(26)28-17-11-13-25-12-10-16-8-6-7-9-18(16)19(25)14-17/h6-9,15-17,20H,10-14H2,1-5H3,(H,24,27). The fourth-order valence-corrected chi connectivity index (χ4v) is 4.14.